The topological polar surface area (TPSA) is 62.5 Å². The maximum atomic E-state index is 10.6. The number of hydrogen-bond donors (Lipinski definition) is 2. The van der Waals surface area contributed by atoms with Crippen LogP contribution in [0.2, 0.25) is 0 Å². The molecule has 0 fully saturated rings. The van der Waals surface area contributed by atoms with Crippen LogP contribution in [0.3, 0.4) is 0 Å². The Morgan fingerprint density at radius 1 is 1.45 bits per heavy atom. The van der Waals surface area contributed by atoms with Gasteiger partial charge >= 0.3 is 5.97 Å². The standard InChI is InChI=1S/C9H18O2.C7H9NO/c1-4-5-6-7-9(2,3)8(10)11;1-3-8-5-6-2-4-9-7(1)6/h4-7H2,1-3H3,(H,10,11);2,4,8H,1,3,5H2. The lowest BCUT2D eigenvalue weighted by atomic mass is 9.87. The number of hydrogen-bond acceptors (Lipinski definition) is 3. The molecule has 0 spiro atoms. The number of furan rings is 1. The molecule has 0 aliphatic carbocycles. The highest BCUT2D eigenvalue weighted by Gasteiger charge is 2.25. The largest absolute Gasteiger partial charge is 0.481 e. The predicted molar refractivity (Wildman–Crippen MR) is 79.7 cm³/mol. The summed E-state index contributed by atoms with van der Waals surface area (Å²) in [5, 5.41) is 12.0. The molecule has 0 atom stereocenters. The minimum absolute atomic E-state index is 0.533. The van der Waals surface area contributed by atoms with Crippen LogP contribution in [0.1, 0.15) is 57.8 Å². The lowest BCUT2D eigenvalue weighted by Crippen LogP contribution is -2.23. The predicted octanol–water partition coefficient (Wildman–Crippen LogP) is 3.60. The van der Waals surface area contributed by atoms with Crippen molar-refractivity contribution in [2.24, 2.45) is 5.41 Å². The number of aliphatic carboxylic acids is 1. The third-order valence-electron chi connectivity index (χ3n) is 3.67. The Bertz CT molecular complexity index is 389. The van der Waals surface area contributed by atoms with E-state index >= 15 is 0 Å². The lowest BCUT2D eigenvalue weighted by Gasteiger charge is -2.18. The van der Waals surface area contributed by atoms with Crippen molar-refractivity contribution in [3.8, 4) is 0 Å². The molecule has 1 aliphatic heterocycles. The van der Waals surface area contributed by atoms with E-state index in [0.29, 0.717) is 0 Å². The summed E-state index contributed by atoms with van der Waals surface area (Å²) in [6.07, 6.45) is 6.90. The van der Waals surface area contributed by atoms with Gasteiger partial charge in [0.2, 0.25) is 0 Å². The van der Waals surface area contributed by atoms with Gasteiger partial charge in [-0.25, -0.2) is 0 Å². The Hall–Kier alpha value is -1.29. The zero-order valence-corrected chi connectivity index (χ0v) is 12.9. The second-order valence-electron chi connectivity index (χ2n) is 5.94. The first-order valence-corrected chi connectivity index (χ1v) is 7.46. The highest BCUT2D eigenvalue weighted by molar-refractivity contribution is 5.73. The molecule has 1 aliphatic rings. The third kappa shape index (κ3) is 5.37. The number of carboxylic acids is 1. The van der Waals surface area contributed by atoms with Crippen LogP contribution in [-0.4, -0.2) is 17.6 Å². The maximum Gasteiger partial charge on any atom is 0.309 e. The molecule has 2 N–H and O–H groups in total. The molecule has 20 heavy (non-hydrogen) atoms. The Kier molecular flexibility index (Phi) is 6.79. The quantitative estimate of drug-likeness (QED) is 0.809. The highest BCUT2D eigenvalue weighted by Crippen LogP contribution is 2.23. The molecule has 0 aromatic carbocycles. The molecule has 0 radical (unpaired) electrons. The van der Waals surface area contributed by atoms with Gasteiger partial charge in [0.25, 0.3) is 0 Å². The van der Waals surface area contributed by atoms with E-state index in [4.69, 9.17) is 9.52 Å². The molecular weight excluding hydrogens is 254 g/mol. The van der Waals surface area contributed by atoms with Gasteiger partial charge in [-0.05, 0) is 26.3 Å². The fourth-order valence-electron chi connectivity index (χ4n) is 2.09. The molecule has 0 saturated carbocycles. The van der Waals surface area contributed by atoms with Crippen LogP contribution in [0.25, 0.3) is 0 Å². The van der Waals surface area contributed by atoms with Crippen LogP contribution < -0.4 is 5.32 Å². The van der Waals surface area contributed by atoms with Gasteiger partial charge in [-0.3, -0.25) is 4.79 Å². The van der Waals surface area contributed by atoms with Crippen LogP contribution in [0, 0.1) is 5.41 Å². The summed E-state index contributed by atoms with van der Waals surface area (Å²) in [6, 6.07) is 2.03. The molecular formula is C16H27NO3. The van der Waals surface area contributed by atoms with Gasteiger partial charge < -0.3 is 14.8 Å². The Balaban J connectivity index is 0.000000202. The van der Waals surface area contributed by atoms with E-state index in [-0.39, 0.29) is 0 Å². The van der Waals surface area contributed by atoms with Crippen LogP contribution in [0.5, 0.6) is 0 Å². The van der Waals surface area contributed by atoms with Crippen molar-refractivity contribution in [1.82, 2.24) is 5.32 Å². The van der Waals surface area contributed by atoms with Crippen LogP contribution in [-0.2, 0) is 17.8 Å². The summed E-state index contributed by atoms with van der Waals surface area (Å²) in [5.41, 5.74) is 0.788. The first-order valence-electron chi connectivity index (χ1n) is 7.46. The summed E-state index contributed by atoms with van der Waals surface area (Å²) in [5.74, 6) is 0.474. The zero-order chi connectivity index (χ0) is 15.0. The van der Waals surface area contributed by atoms with E-state index < -0.39 is 11.4 Å². The normalized spacial score (nSPS) is 14.2. The molecule has 4 nitrogen and oxygen atoms in total. The summed E-state index contributed by atoms with van der Waals surface area (Å²) in [4.78, 5) is 10.6. The average molecular weight is 281 g/mol. The van der Waals surface area contributed by atoms with Gasteiger partial charge in [0.05, 0.1) is 11.7 Å². The molecule has 1 aromatic rings. The number of unbranched alkanes of at least 4 members (excludes halogenated alkanes) is 2. The minimum Gasteiger partial charge on any atom is -0.481 e. The molecule has 2 rings (SSSR count). The molecule has 4 heteroatoms. The fraction of sp³-hybridized carbons (Fsp3) is 0.688. The zero-order valence-electron chi connectivity index (χ0n) is 12.9. The smallest absolute Gasteiger partial charge is 0.309 e. The van der Waals surface area contributed by atoms with Gasteiger partial charge in [-0.15, -0.1) is 0 Å². The molecule has 0 amide bonds. The highest BCUT2D eigenvalue weighted by atomic mass is 16.4. The van der Waals surface area contributed by atoms with E-state index in [1.165, 1.54) is 5.56 Å². The molecule has 0 saturated heterocycles. The van der Waals surface area contributed by atoms with E-state index in [1.807, 2.05) is 6.07 Å². The van der Waals surface area contributed by atoms with Gasteiger partial charge in [0.1, 0.15) is 5.76 Å². The minimum atomic E-state index is -0.686. The summed E-state index contributed by atoms with van der Waals surface area (Å²) < 4.78 is 5.22. The molecule has 0 unspecified atom stereocenters. The van der Waals surface area contributed by atoms with Crippen molar-refractivity contribution in [2.45, 2.75) is 59.4 Å². The van der Waals surface area contributed by atoms with Crippen molar-refractivity contribution in [3.63, 3.8) is 0 Å². The number of nitrogens with one attached hydrogen (secondary N) is 1. The number of carbonyl (C=O) groups is 1. The van der Waals surface area contributed by atoms with Crippen molar-refractivity contribution in [1.29, 1.82) is 0 Å². The molecule has 1 aromatic heterocycles. The second-order valence-corrected chi connectivity index (χ2v) is 5.94. The summed E-state index contributed by atoms with van der Waals surface area (Å²) >= 11 is 0. The monoisotopic (exact) mass is 281 g/mol. The molecule has 0 bridgehead atoms. The summed E-state index contributed by atoms with van der Waals surface area (Å²) in [6.45, 7) is 7.72. The fourth-order valence-corrected chi connectivity index (χ4v) is 2.09. The second kappa shape index (κ2) is 8.10. The number of carboxylic acid groups (broad SMARTS) is 1. The lowest BCUT2D eigenvalue weighted by molar-refractivity contribution is -0.147. The van der Waals surface area contributed by atoms with E-state index in [1.54, 1.807) is 20.1 Å². The van der Waals surface area contributed by atoms with Crippen LogP contribution in [0.15, 0.2) is 16.7 Å². The molecule has 2 heterocycles. The van der Waals surface area contributed by atoms with Crippen molar-refractivity contribution in [3.05, 3.63) is 23.7 Å². The average Bonchev–Trinajstić information content (AvgIpc) is 2.87. The first kappa shape index (κ1) is 16.8. The van der Waals surface area contributed by atoms with E-state index in [2.05, 4.69) is 12.2 Å². The Labute approximate surface area is 121 Å². The van der Waals surface area contributed by atoms with Gasteiger partial charge in [-0.2, -0.15) is 0 Å². The van der Waals surface area contributed by atoms with Crippen LogP contribution in [0.4, 0.5) is 0 Å². The van der Waals surface area contributed by atoms with Gasteiger partial charge in [0, 0.05) is 25.1 Å². The van der Waals surface area contributed by atoms with Crippen molar-refractivity contribution < 1.29 is 14.3 Å². The van der Waals surface area contributed by atoms with Crippen LogP contribution >= 0.6 is 0 Å². The number of rotatable bonds is 5. The van der Waals surface area contributed by atoms with Crippen molar-refractivity contribution >= 4 is 5.97 Å². The maximum absolute atomic E-state index is 10.6. The third-order valence-corrected chi connectivity index (χ3v) is 3.67. The Morgan fingerprint density at radius 2 is 2.20 bits per heavy atom. The van der Waals surface area contributed by atoms with Gasteiger partial charge in [-0.1, -0.05) is 26.2 Å². The molecule has 114 valence electrons. The van der Waals surface area contributed by atoms with Crippen molar-refractivity contribution in [2.75, 3.05) is 6.54 Å². The SMILES string of the molecule is CCCCCC(C)(C)C(=O)O.c1cc2c(o1)CCNC2. The van der Waals surface area contributed by atoms with Gasteiger partial charge in [0.15, 0.2) is 0 Å². The van der Waals surface area contributed by atoms with E-state index in [0.717, 1.165) is 51.0 Å². The summed E-state index contributed by atoms with van der Waals surface area (Å²) in [7, 11) is 0. The van der Waals surface area contributed by atoms with E-state index in [9.17, 15) is 4.79 Å². The Morgan fingerprint density at radius 3 is 2.80 bits per heavy atom. The number of fused-ring (bicyclic) bond motifs is 1. The first-order chi connectivity index (χ1) is 9.47.